The summed E-state index contributed by atoms with van der Waals surface area (Å²) >= 11 is 0. The molecule has 3 aliphatic heterocycles. The fourth-order valence-electron chi connectivity index (χ4n) is 5.22. The van der Waals surface area contributed by atoms with Crippen molar-refractivity contribution in [1.82, 2.24) is 14.8 Å². The number of aryl methyl sites for hydroxylation is 1. The van der Waals surface area contributed by atoms with E-state index in [1.54, 1.807) is 18.1 Å². The van der Waals surface area contributed by atoms with Crippen LogP contribution in [-0.2, 0) is 27.3 Å². The molecule has 2 aromatic rings. The molecule has 1 aromatic carbocycles. The number of hydrogen-bond acceptors (Lipinski definition) is 4. The Kier molecular flexibility index (Phi) is 4.89. The number of aromatic nitrogens is 1. The van der Waals surface area contributed by atoms with Crippen molar-refractivity contribution in [2.45, 2.75) is 31.6 Å². The van der Waals surface area contributed by atoms with Gasteiger partial charge in [0.05, 0.1) is 24.5 Å². The molecule has 5 rings (SSSR count). The van der Waals surface area contributed by atoms with Crippen molar-refractivity contribution in [1.29, 1.82) is 0 Å². The molecular weight excluding hydrogens is 390 g/mol. The second-order valence-electron chi connectivity index (χ2n) is 8.91. The number of carbonyl (C=O) groups excluding carboxylic acids is 2. The third kappa shape index (κ3) is 3.45. The lowest BCUT2D eigenvalue weighted by atomic mass is 9.76. The zero-order valence-corrected chi connectivity index (χ0v) is 17.9. The van der Waals surface area contributed by atoms with Gasteiger partial charge in [-0.05, 0) is 24.6 Å². The Balaban J connectivity index is 1.31. The minimum absolute atomic E-state index is 0.0184. The van der Waals surface area contributed by atoms with Crippen molar-refractivity contribution in [3.05, 3.63) is 77.6 Å². The second-order valence-corrected chi connectivity index (χ2v) is 8.91. The zero-order valence-electron chi connectivity index (χ0n) is 17.9. The highest BCUT2D eigenvalue weighted by Gasteiger charge is 2.67. The van der Waals surface area contributed by atoms with Gasteiger partial charge >= 0.3 is 0 Å². The normalized spacial score (nSPS) is 28.3. The summed E-state index contributed by atoms with van der Waals surface area (Å²) in [6.45, 7) is 3.64. The predicted octanol–water partition coefficient (Wildman–Crippen LogP) is 2.37. The number of fused-ring (bicyclic) bond motifs is 1. The van der Waals surface area contributed by atoms with E-state index < -0.39 is 17.4 Å². The fourth-order valence-corrected chi connectivity index (χ4v) is 5.22. The monoisotopic (exact) mass is 417 g/mol. The van der Waals surface area contributed by atoms with Crippen LogP contribution in [-0.4, -0.2) is 58.4 Å². The standard InChI is InChI=1S/C25H27N3O3/c1-17-6-5-7-18(14-17)15-28-16-25-11-9-20(31-25)21(22(25)24(28)30)23(29)27(2)13-10-19-8-3-4-12-26-19/h3-9,11-12,14,20-22H,10,13,15-16H2,1-2H3/t20-,21?,22?,25-/m0/s1. The first-order chi connectivity index (χ1) is 15.0. The van der Waals surface area contributed by atoms with Crippen LogP contribution in [0.25, 0.3) is 0 Å². The molecule has 2 bridgehead atoms. The molecule has 160 valence electrons. The molecule has 6 nitrogen and oxygen atoms in total. The summed E-state index contributed by atoms with van der Waals surface area (Å²) in [5, 5.41) is 0. The summed E-state index contributed by atoms with van der Waals surface area (Å²) in [4.78, 5) is 34.7. The molecule has 0 saturated carbocycles. The van der Waals surface area contributed by atoms with Crippen molar-refractivity contribution < 1.29 is 14.3 Å². The van der Waals surface area contributed by atoms with Crippen molar-refractivity contribution in [2.24, 2.45) is 11.8 Å². The van der Waals surface area contributed by atoms with Gasteiger partial charge in [0.15, 0.2) is 0 Å². The maximum absolute atomic E-state index is 13.4. The van der Waals surface area contributed by atoms with E-state index in [0.29, 0.717) is 26.1 Å². The van der Waals surface area contributed by atoms with Gasteiger partial charge in [0.1, 0.15) is 5.60 Å². The van der Waals surface area contributed by atoms with E-state index in [0.717, 1.165) is 11.3 Å². The number of ether oxygens (including phenoxy) is 1. The Morgan fingerprint density at radius 2 is 2.16 bits per heavy atom. The van der Waals surface area contributed by atoms with Crippen molar-refractivity contribution >= 4 is 11.8 Å². The molecule has 2 saturated heterocycles. The van der Waals surface area contributed by atoms with Gasteiger partial charge in [-0.15, -0.1) is 0 Å². The molecular formula is C25H27N3O3. The highest BCUT2D eigenvalue weighted by molar-refractivity contribution is 5.93. The fraction of sp³-hybridized carbons (Fsp3) is 0.400. The largest absolute Gasteiger partial charge is 0.360 e. The molecule has 1 spiro atoms. The van der Waals surface area contributed by atoms with Crippen LogP contribution >= 0.6 is 0 Å². The smallest absolute Gasteiger partial charge is 0.230 e. The predicted molar refractivity (Wildman–Crippen MR) is 116 cm³/mol. The van der Waals surface area contributed by atoms with Crippen LogP contribution in [0.4, 0.5) is 0 Å². The lowest BCUT2D eigenvalue weighted by molar-refractivity contribution is -0.142. The lowest BCUT2D eigenvalue weighted by Gasteiger charge is -2.27. The summed E-state index contributed by atoms with van der Waals surface area (Å²) in [6.07, 6.45) is 6.10. The summed E-state index contributed by atoms with van der Waals surface area (Å²) in [6, 6.07) is 14.0. The Hall–Kier alpha value is -2.99. The quantitative estimate of drug-likeness (QED) is 0.677. The van der Waals surface area contributed by atoms with E-state index >= 15 is 0 Å². The molecule has 31 heavy (non-hydrogen) atoms. The summed E-state index contributed by atoms with van der Waals surface area (Å²) in [5.41, 5.74) is 2.54. The van der Waals surface area contributed by atoms with E-state index in [1.165, 1.54) is 5.56 Å². The van der Waals surface area contributed by atoms with Crippen LogP contribution in [0.3, 0.4) is 0 Å². The molecule has 6 heteroatoms. The highest BCUT2D eigenvalue weighted by Crippen LogP contribution is 2.52. The first kappa shape index (κ1) is 19.9. The molecule has 2 fully saturated rings. The first-order valence-electron chi connectivity index (χ1n) is 10.8. The summed E-state index contributed by atoms with van der Waals surface area (Å²) < 4.78 is 6.26. The number of benzene rings is 1. The van der Waals surface area contributed by atoms with E-state index in [1.807, 2.05) is 60.4 Å². The Morgan fingerprint density at radius 3 is 2.94 bits per heavy atom. The van der Waals surface area contributed by atoms with E-state index in [9.17, 15) is 9.59 Å². The van der Waals surface area contributed by atoms with Crippen molar-refractivity contribution in [3.63, 3.8) is 0 Å². The van der Waals surface area contributed by atoms with E-state index in [4.69, 9.17) is 4.74 Å². The Bertz CT molecular complexity index is 1040. The highest BCUT2D eigenvalue weighted by atomic mass is 16.5. The number of carbonyl (C=O) groups is 2. The Morgan fingerprint density at radius 1 is 1.29 bits per heavy atom. The Labute approximate surface area is 182 Å². The zero-order chi connectivity index (χ0) is 21.6. The first-order valence-corrected chi connectivity index (χ1v) is 10.8. The van der Waals surface area contributed by atoms with Crippen LogP contribution in [0.15, 0.2) is 60.8 Å². The molecule has 0 aliphatic carbocycles. The van der Waals surface area contributed by atoms with Gasteiger partial charge in [-0.25, -0.2) is 0 Å². The molecule has 2 unspecified atom stereocenters. The topological polar surface area (TPSA) is 62.7 Å². The minimum Gasteiger partial charge on any atom is -0.360 e. The van der Waals surface area contributed by atoms with Gasteiger partial charge in [0.2, 0.25) is 11.8 Å². The van der Waals surface area contributed by atoms with Gasteiger partial charge in [-0.3, -0.25) is 14.6 Å². The van der Waals surface area contributed by atoms with Crippen LogP contribution in [0.5, 0.6) is 0 Å². The van der Waals surface area contributed by atoms with Gasteiger partial charge in [-0.2, -0.15) is 0 Å². The maximum Gasteiger partial charge on any atom is 0.230 e. The molecule has 4 heterocycles. The number of rotatable bonds is 6. The second kappa shape index (κ2) is 7.61. The summed E-state index contributed by atoms with van der Waals surface area (Å²) in [7, 11) is 1.80. The van der Waals surface area contributed by atoms with Gasteiger partial charge in [0, 0.05) is 38.4 Å². The van der Waals surface area contributed by atoms with Crippen LogP contribution in [0.2, 0.25) is 0 Å². The van der Waals surface area contributed by atoms with Gasteiger partial charge in [-0.1, -0.05) is 48.0 Å². The molecule has 3 aliphatic rings. The molecule has 2 amide bonds. The van der Waals surface area contributed by atoms with Crippen LogP contribution in [0, 0.1) is 18.8 Å². The molecule has 0 N–H and O–H groups in total. The van der Waals surface area contributed by atoms with Crippen molar-refractivity contribution in [2.75, 3.05) is 20.1 Å². The summed E-state index contributed by atoms with van der Waals surface area (Å²) in [5.74, 6) is -0.918. The SMILES string of the molecule is Cc1cccc(CN2C[C@]34C=C[C@H](O3)C(C(=O)N(C)CCc3ccccn3)C4C2=O)c1. The van der Waals surface area contributed by atoms with E-state index in [-0.39, 0.29) is 17.9 Å². The lowest BCUT2D eigenvalue weighted by Crippen LogP contribution is -2.45. The number of nitrogens with zero attached hydrogens (tertiary/aromatic N) is 3. The third-order valence-corrected chi connectivity index (χ3v) is 6.73. The number of pyridine rings is 1. The number of likely N-dealkylation sites (tertiary alicyclic amines) is 1. The maximum atomic E-state index is 13.4. The number of hydrogen-bond donors (Lipinski definition) is 0. The average molecular weight is 418 g/mol. The van der Waals surface area contributed by atoms with E-state index in [2.05, 4.69) is 11.1 Å². The number of amides is 2. The van der Waals surface area contributed by atoms with Gasteiger partial charge < -0.3 is 14.5 Å². The van der Waals surface area contributed by atoms with Crippen LogP contribution < -0.4 is 0 Å². The number of likely N-dealkylation sites (N-methyl/N-ethyl adjacent to an activating group) is 1. The van der Waals surface area contributed by atoms with Crippen molar-refractivity contribution in [3.8, 4) is 0 Å². The minimum atomic E-state index is -0.673. The average Bonchev–Trinajstić information content (AvgIpc) is 3.40. The molecule has 4 atom stereocenters. The molecule has 1 aromatic heterocycles. The molecule has 0 radical (unpaired) electrons. The third-order valence-electron chi connectivity index (χ3n) is 6.73. The van der Waals surface area contributed by atoms with Crippen LogP contribution in [0.1, 0.15) is 16.8 Å². The van der Waals surface area contributed by atoms with Gasteiger partial charge in [0.25, 0.3) is 0 Å².